The Kier molecular flexibility index (Phi) is 9.43. The molecule has 11 heteroatoms. The molecule has 0 aromatic heterocycles. The van der Waals surface area contributed by atoms with Gasteiger partial charge in [0.2, 0.25) is 0 Å². The molecule has 1 unspecified atom stereocenters. The number of nitriles is 1. The molecular formula is C25H33N3O7S. The van der Waals surface area contributed by atoms with Gasteiger partial charge in [-0.2, -0.15) is 5.26 Å². The van der Waals surface area contributed by atoms with Gasteiger partial charge >= 0.3 is 0 Å². The molecular weight excluding hydrogens is 486 g/mol. The maximum Gasteiger partial charge on any atom is 0.250 e. The number of sulfonamides is 1. The van der Waals surface area contributed by atoms with Crippen LogP contribution in [0.3, 0.4) is 0 Å². The summed E-state index contributed by atoms with van der Waals surface area (Å²) >= 11 is 0. The lowest BCUT2D eigenvalue weighted by Gasteiger charge is -2.38. The van der Waals surface area contributed by atoms with Crippen molar-refractivity contribution in [1.82, 2.24) is 4.72 Å². The van der Waals surface area contributed by atoms with Crippen LogP contribution >= 0.6 is 0 Å². The lowest BCUT2D eigenvalue weighted by Crippen LogP contribution is -2.59. The van der Waals surface area contributed by atoms with Crippen molar-refractivity contribution in [3.63, 3.8) is 0 Å². The van der Waals surface area contributed by atoms with Gasteiger partial charge in [-0.3, -0.25) is 0 Å². The Morgan fingerprint density at radius 2 is 1.67 bits per heavy atom. The number of nitrogens with zero attached hydrogens (tertiary/aromatic N) is 2. The minimum atomic E-state index is -4.30. The van der Waals surface area contributed by atoms with Crippen LogP contribution in [0.2, 0.25) is 0 Å². The number of benzene rings is 2. The number of hydrogen-bond acceptors (Lipinski definition) is 9. The predicted molar refractivity (Wildman–Crippen MR) is 136 cm³/mol. The van der Waals surface area contributed by atoms with Crippen LogP contribution in [-0.2, 0) is 14.8 Å². The molecule has 36 heavy (non-hydrogen) atoms. The van der Waals surface area contributed by atoms with Crippen molar-refractivity contribution in [2.24, 2.45) is 0 Å². The SMILES string of the molecule is CCCN(CCC)c1ccc2cc(/C=C(\C#N)S(=O)(=O)NC[C@H]3OC(O)[C@H](O)[C@@H](O)[C@@H]3O)ccc2c1. The Balaban J connectivity index is 1.78. The van der Waals surface area contributed by atoms with Crippen molar-refractivity contribution in [1.29, 1.82) is 5.26 Å². The maximum atomic E-state index is 12.7. The monoisotopic (exact) mass is 519 g/mol. The molecule has 1 fully saturated rings. The van der Waals surface area contributed by atoms with Gasteiger partial charge < -0.3 is 30.1 Å². The van der Waals surface area contributed by atoms with Gasteiger partial charge in [-0.25, -0.2) is 13.1 Å². The van der Waals surface area contributed by atoms with Gasteiger partial charge in [-0.05, 0) is 53.5 Å². The van der Waals surface area contributed by atoms with Crippen LogP contribution in [0, 0.1) is 11.3 Å². The van der Waals surface area contributed by atoms with Gasteiger partial charge in [-0.1, -0.05) is 32.0 Å². The van der Waals surface area contributed by atoms with Crippen molar-refractivity contribution in [3.8, 4) is 6.07 Å². The molecule has 0 spiro atoms. The second-order valence-corrected chi connectivity index (χ2v) is 10.5. The second-order valence-electron chi connectivity index (χ2n) is 8.79. The lowest BCUT2D eigenvalue weighted by molar-refractivity contribution is -0.279. The van der Waals surface area contributed by atoms with Gasteiger partial charge in [-0.15, -0.1) is 0 Å². The first kappa shape index (κ1) is 28.0. The maximum absolute atomic E-state index is 12.7. The van der Waals surface area contributed by atoms with E-state index in [9.17, 15) is 34.1 Å². The Labute approximate surface area is 211 Å². The molecule has 0 aliphatic carbocycles. The highest BCUT2D eigenvalue weighted by Gasteiger charge is 2.43. The van der Waals surface area contributed by atoms with Crippen LogP contribution in [0.15, 0.2) is 41.3 Å². The van der Waals surface area contributed by atoms with Crippen molar-refractivity contribution >= 4 is 32.6 Å². The van der Waals surface area contributed by atoms with E-state index in [0.29, 0.717) is 5.56 Å². The molecule has 196 valence electrons. The van der Waals surface area contributed by atoms with E-state index in [1.165, 1.54) is 6.08 Å². The van der Waals surface area contributed by atoms with Crippen molar-refractivity contribution < 1.29 is 33.6 Å². The van der Waals surface area contributed by atoms with Gasteiger partial charge in [0, 0.05) is 25.3 Å². The summed E-state index contributed by atoms with van der Waals surface area (Å²) in [5.41, 5.74) is 1.63. The number of anilines is 1. The standard InChI is InChI=1S/C25H33N3O7S/c1-3-9-28(10-4-2)19-8-7-17-11-16(5-6-18(17)13-19)12-20(14-26)36(33,34)27-15-21-22(29)23(30)24(31)25(32)35-21/h5-8,11-13,21-25,27,29-32H,3-4,9-10,15H2,1-2H3/b20-12+/t21-,22-,23+,24-,25?/m1/s1. The molecule has 3 rings (SSSR count). The number of aliphatic hydroxyl groups is 4. The van der Waals surface area contributed by atoms with Crippen LogP contribution in [0.25, 0.3) is 16.8 Å². The number of hydrogen-bond donors (Lipinski definition) is 5. The van der Waals surface area contributed by atoms with E-state index in [4.69, 9.17) is 4.74 Å². The van der Waals surface area contributed by atoms with E-state index in [2.05, 4.69) is 29.5 Å². The first-order chi connectivity index (χ1) is 17.1. The highest BCUT2D eigenvalue weighted by atomic mass is 32.2. The van der Waals surface area contributed by atoms with Crippen LogP contribution in [-0.4, -0.2) is 79.2 Å². The molecule has 2 aromatic carbocycles. The average Bonchev–Trinajstić information content (AvgIpc) is 2.86. The molecule has 10 nitrogen and oxygen atoms in total. The Morgan fingerprint density at radius 1 is 1.03 bits per heavy atom. The second kappa shape index (κ2) is 12.1. The Morgan fingerprint density at radius 3 is 2.31 bits per heavy atom. The summed E-state index contributed by atoms with van der Waals surface area (Å²) in [4.78, 5) is 1.77. The van der Waals surface area contributed by atoms with E-state index < -0.39 is 52.2 Å². The molecule has 5 atom stereocenters. The highest BCUT2D eigenvalue weighted by molar-refractivity contribution is 7.93. The largest absolute Gasteiger partial charge is 0.388 e. The molecule has 0 radical (unpaired) electrons. The zero-order chi connectivity index (χ0) is 26.5. The van der Waals surface area contributed by atoms with E-state index in [1.807, 2.05) is 18.2 Å². The number of fused-ring (bicyclic) bond motifs is 1. The van der Waals surface area contributed by atoms with E-state index in [1.54, 1.807) is 18.2 Å². The molecule has 1 heterocycles. The number of nitrogens with one attached hydrogen (secondary N) is 1. The summed E-state index contributed by atoms with van der Waals surface area (Å²) in [7, 11) is -4.30. The number of aliphatic hydroxyl groups excluding tert-OH is 4. The van der Waals surface area contributed by atoms with Crippen molar-refractivity contribution in [2.75, 3.05) is 24.5 Å². The Bertz CT molecular complexity index is 1220. The smallest absolute Gasteiger partial charge is 0.250 e. The van der Waals surface area contributed by atoms with Crippen LogP contribution < -0.4 is 9.62 Å². The molecule has 1 saturated heterocycles. The normalized spacial score (nSPS) is 25.0. The molecule has 0 amide bonds. The summed E-state index contributed by atoms with van der Waals surface area (Å²) < 4.78 is 32.6. The quantitative estimate of drug-likeness (QED) is 0.289. The third-order valence-corrected chi connectivity index (χ3v) is 7.39. The Hall–Kier alpha value is -2.56. The zero-order valence-electron chi connectivity index (χ0n) is 20.3. The molecule has 0 saturated carbocycles. The highest BCUT2D eigenvalue weighted by Crippen LogP contribution is 2.25. The predicted octanol–water partition coefficient (Wildman–Crippen LogP) is 1.05. The summed E-state index contributed by atoms with van der Waals surface area (Å²) in [6.07, 6.45) is -4.90. The van der Waals surface area contributed by atoms with E-state index in [-0.39, 0.29) is 0 Å². The van der Waals surface area contributed by atoms with Crippen LogP contribution in [0.4, 0.5) is 5.69 Å². The minimum Gasteiger partial charge on any atom is -0.388 e. The number of rotatable bonds is 10. The van der Waals surface area contributed by atoms with Gasteiger partial charge in [0.1, 0.15) is 30.5 Å². The van der Waals surface area contributed by atoms with Gasteiger partial charge in [0.05, 0.1) is 0 Å². The lowest BCUT2D eigenvalue weighted by atomic mass is 9.99. The topological polar surface area (TPSA) is 163 Å². The average molecular weight is 520 g/mol. The third kappa shape index (κ3) is 6.41. The number of allylic oxidation sites excluding steroid dienone is 1. The van der Waals surface area contributed by atoms with Crippen molar-refractivity contribution in [3.05, 3.63) is 46.9 Å². The number of ether oxygens (including phenoxy) is 1. The van der Waals surface area contributed by atoms with Gasteiger partial charge in [0.25, 0.3) is 10.0 Å². The summed E-state index contributed by atoms with van der Waals surface area (Å²) in [6, 6.07) is 13.1. The van der Waals surface area contributed by atoms with E-state index >= 15 is 0 Å². The first-order valence-electron chi connectivity index (χ1n) is 11.9. The summed E-state index contributed by atoms with van der Waals surface area (Å²) in [5, 5.41) is 50.3. The minimum absolute atomic E-state index is 0.513. The van der Waals surface area contributed by atoms with Crippen molar-refractivity contribution in [2.45, 2.75) is 57.4 Å². The van der Waals surface area contributed by atoms with Crippen LogP contribution in [0.5, 0.6) is 0 Å². The fraction of sp³-hybridized carbons (Fsp3) is 0.480. The summed E-state index contributed by atoms with van der Waals surface area (Å²) in [5.74, 6) is 0. The molecule has 2 aromatic rings. The first-order valence-corrected chi connectivity index (χ1v) is 13.4. The molecule has 0 bridgehead atoms. The van der Waals surface area contributed by atoms with Crippen LogP contribution in [0.1, 0.15) is 32.3 Å². The molecule has 5 N–H and O–H groups in total. The molecule has 1 aliphatic heterocycles. The fourth-order valence-corrected chi connectivity index (χ4v) is 5.09. The molecule has 1 aliphatic rings. The van der Waals surface area contributed by atoms with E-state index in [0.717, 1.165) is 42.4 Å². The fourth-order valence-electron chi connectivity index (χ4n) is 4.14. The van der Waals surface area contributed by atoms with Gasteiger partial charge in [0.15, 0.2) is 11.2 Å². The summed E-state index contributed by atoms with van der Waals surface area (Å²) in [6.45, 7) is 5.66. The third-order valence-electron chi connectivity index (χ3n) is 6.06. The zero-order valence-corrected chi connectivity index (χ0v) is 21.1.